The quantitative estimate of drug-likeness (QED) is 0.746. The predicted octanol–water partition coefficient (Wildman–Crippen LogP) is 5.33. The molecule has 3 heteroatoms. The molecule has 1 aliphatic carbocycles. The molecule has 23 heavy (non-hydrogen) atoms. The van der Waals surface area contributed by atoms with Crippen molar-refractivity contribution < 1.29 is 0 Å². The molecule has 0 unspecified atom stereocenters. The summed E-state index contributed by atoms with van der Waals surface area (Å²) in [5.41, 5.74) is 4.90. The average molecular weight is 309 g/mol. The summed E-state index contributed by atoms with van der Waals surface area (Å²) < 4.78 is 0. The minimum Gasteiger partial charge on any atom is -0.366 e. The van der Waals surface area contributed by atoms with Crippen LogP contribution in [0.15, 0.2) is 18.3 Å². The molecule has 2 aromatic heterocycles. The van der Waals surface area contributed by atoms with E-state index in [1.807, 2.05) is 0 Å². The first-order chi connectivity index (χ1) is 11.4. The molecule has 2 nitrogen and oxygen atoms in total. The Morgan fingerprint density at radius 3 is 2.13 bits per heavy atom. The van der Waals surface area contributed by atoms with Gasteiger partial charge in [-0.2, -0.15) is 0 Å². The fourth-order valence-corrected chi connectivity index (χ4v) is 3.92. The van der Waals surface area contributed by atoms with Gasteiger partial charge in [0.1, 0.15) is 0 Å². The van der Waals surface area contributed by atoms with Gasteiger partial charge < -0.3 is 4.98 Å². The lowest BCUT2D eigenvalue weighted by molar-refractivity contribution is 0.467. The summed E-state index contributed by atoms with van der Waals surface area (Å²) in [5, 5.41) is 0. The van der Waals surface area contributed by atoms with Crippen LogP contribution in [-0.2, 0) is 0 Å². The molecule has 3 rings (SSSR count). The second-order valence-corrected chi connectivity index (χ2v) is 7.17. The third kappa shape index (κ3) is 4.62. The van der Waals surface area contributed by atoms with E-state index < -0.39 is 0 Å². The van der Waals surface area contributed by atoms with Crippen molar-refractivity contribution in [2.75, 3.05) is 0 Å². The molecule has 0 atom stereocenters. The maximum Gasteiger partial charge on any atom is 0.171 e. The topological polar surface area (TPSA) is 28.7 Å². The third-order valence-electron chi connectivity index (χ3n) is 5.40. The predicted molar refractivity (Wildman–Crippen MR) is 101 cm³/mol. The third-order valence-corrected chi connectivity index (χ3v) is 5.40. The molecule has 1 radical (unpaired) electrons. The number of hydrogen-bond donors (Lipinski definition) is 1. The highest BCUT2D eigenvalue weighted by molar-refractivity contribution is 6.51. The van der Waals surface area contributed by atoms with E-state index in [2.05, 4.69) is 37.4 Å². The van der Waals surface area contributed by atoms with Crippen LogP contribution in [0, 0.1) is 0 Å². The molecule has 2 aromatic rings. The molecule has 0 aliphatic heterocycles. The summed E-state index contributed by atoms with van der Waals surface area (Å²) in [6.45, 7) is 2.07. The molecular formula is C20H30BN2. The van der Waals surface area contributed by atoms with Crippen LogP contribution in [0.25, 0.3) is 11.0 Å². The van der Waals surface area contributed by atoms with Gasteiger partial charge >= 0.3 is 0 Å². The summed E-state index contributed by atoms with van der Waals surface area (Å²) in [6, 6.07) is 4.49. The normalized spacial score (nSPS) is 19.2. The highest BCUT2D eigenvalue weighted by Crippen LogP contribution is 2.30. The Labute approximate surface area is 141 Å². The molecule has 1 fully saturated rings. The second-order valence-electron chi connectivity index (χ2n) is 7.17. The van der Waals surface area contributed by atoms with Crippen molar-refractivity contribution in [1.29, 1.82) is 0 Å². The van der Waals surface area contributed by atoms with Gasteiger partial charge in [-0.3, -0.25) is 4.98 Å². The molecule has 1 N–H and O–H groups in total. The number of hydrogen-bond acceptors (Lipinski definition) is 1. The number of aromatic amines is 1. The van der Waals surface area contributed by atoms with E-state index in [0.717, 1.165) is 5.52 Å². The Hall–Kier alpha value is -1.25. The van der Waals surface area contributed by atoms with E-state index in [-0.39, 0.29) is 0 Å². The SMILES string of the molecule is C[B]c1cc2ncc(C3CCCCCCCCCCC3)cc2[nH]1. The number of nitrogens with zero attached hydrogens (tertiary/aromatic N) is 1. The Morgan fingerprint density at radius 1 is 0.913 bits per heavy atom. The largest absolute Gasteiger partial charge is 0.366 e. The lowest BCUT2D eigenvalue weighted by atomic mass is 9.78. The van der Waals surface area contributed by atoms with Crippen molar-refractivity contribution >= 4 is 23.9 Å². The zero-order valence-electron chi connectivity index (χ0n) is 14.6. The van der Waals surface area contributed by atoms with Gasteiger partial charge in [0.25, 0.3) is 0 Å². The Morgan fingerprint density at radius 2 is 1.52 bits per heavy atom. The van der Waals surface area contributed by atoms with Gasteiger partial charge in [0.05, 0.1) is 11.0 Å². The van der Waals surface area contributed by atoms with Crippen LogP contribution in [0.4, 0.5) is 0 Å². The van der Waals surface area contributed by atoms with Crippen LogP contribution in [0.5, 0.6) is 0 Å². The van der Waals surface area contributed by atoms with Crippen LogP contribution in [-0.4, -0.2) is 17.2 Å². The zero-order chi connectivity index (χ0) is 15.9. The molecule has 0 aromatic carbocycles. The Balaban J connectivity index is 1.72. The number of aromatic nitrogens is 2. The standard InChI is InChI=1S/C20H30BN2/c1-21-20-14-18-19(23-20)13-17(15-22-18)16-11-9-7-5-3-2-4-6-8-10-12-16/h13-16,23H,2-12H2,1H3. The minimum atomic E-state index is 0.698. The van der Waals surface area contributed by atoms with E-state index in [1.54, 1.807) is 0 Å². The van der Waals surface area contributed by atoms with Gasteiger partial charge in [0.2, 0.25) is 0 Å². The maximum atomic E-state index is 4.70. The summed E-state index contributed by atoms with van der Waals surface area (Å²) in [4.78, 5) is 8.18. The van der Waals surface area contributed by atoms with Gasteiger partial charge in [-0.15, -0.1) is 0 Å². The zero-order valence-corrected chi connectivity index (χ0v) is 14.6. The first kappa shape index (κ1) is 16.6. The molecule has 0 bridgehead atoms. The maximum absolute atomic E-state index is 4.70. The monoisotopic (exact) mass is 309 g/mol. The van der Waals surface area contributed by atoms with Gasteiger partial charge in [0, 0.05) is 6.20 Å². The summed E-state index contributed by atoms with van der Waals surface area (Å²) in [6.07, 6.45) is 17.6. The molecule has 0 amide bonds. The van der Waals surface area contributed by atoms with Crippen molar-refractivity contribution in [3.63, 3.8) is 0 Å². The van der Waals surface area contributed by atoms with E-state index >= 15 is 0 Å². The summed E-state index contributed by atoms with van der Waals surface area (Å²) in [5.74, 6) is 0.698. The number of H-pyrrole nitrogens is 1. The first-order valence-electron chi connectivity index (χ1n) is 9.65. The molecule has 123 valence electrons. The van der Waals surface area contributed by atoms with E-state index in [9.17, 15) is 0 Å². The van der Waals surface area contributed by atoms with E-state index in [1.165, 1.54) is 87.3 Å². The second kappa shape index (κ2) is 8.56. The molecule has 0 saturated heterocycles. The number of nitrogens with one attached hydrogen (secondary N) is 1. The Bertz CT molecular complexity index is 593. The smallest absolute Gasteiger partial charge is 0.171 e. The number of fused-ring (bicyclic) bond motifs is 1. The summed E-state index contributed by atoms with van der Waals surface area (Å²) >= 11 is 0. The van der Waals surface area contributed by atoms with Crippen LogP contribution >= 0.6 is 0 Å². The molecule has 1 aliphatic rings. The molecule has 0 spiro atoms. The van der Waals surface area contributed by atoms with E-state index in [0.29, 0.717) is 5.92 Å². The van der Waals surface area contributed by atoms with Gasteiger partial charge in [-0.25, -0.2) is 0 Å². The van der Waals surface area contributed by atoms with Crippen LogP contribution in [0.3, 0.4) is 0 Å². The summed E-state index contributed by atoms with van der Waals surface area (Å²) in [7, 11) is 2.11. The van der Waals surface area contributed by atoms with Gasteiger partial charge in [-0.05, 0) is 42.0 Å². The average Bonchev–Trinajstić information content (AvgIpc) is 2.97. The number of pyridine rings is 1. The van der Waals surface area contributed by atoms with Crippen molar-refractivity contribution in [2.45, 2.75) is 83.4 Å². The lowest BCUT2D eigenvalue weighted by Crippen LogP contribution is -2.09. The van der Waals surface area contributed by atoms with Crippen molar-refractivity contribution in [3.05, 3.63) is 23.9 Å². The van der Waals surface area contributed by atoms with Gasteiger partial charge in [-0.1, -0.05) is 64.6 Å². The highest BCUT2D eigenvalue weighted by Gasteiger charge is 2.14. The highest BCUT2D eigenvalue weighted by atomic mass is 14.8. The van der Waals surface area contributed by atoms with E-state index in [4.69, 9.17) is 4.98 Å². The fourth-order valence-electron chi connectivity index (χ4n) is 3.92. The molecule has 2 heterocycles. The lowest BCUT2D eigenvalue weighted by Gasteiger charge is -2.18. The van der Waals surface area contributed by atoms with Crippen molar-refractivity contribution in [1.82, 2.24) is 9.97 Å². The molecule has 1 saturated carbocycles. The Kier molecular flexibility index (Phi) is 6.18. The van der Waals surface area contributed by atoms with Crippen molar-refractivity contribution in [2.24, 2.45) is 0 Å². The van der Waals surface area contributed by atoms with Crippen molar-refractivity contribution in [3.8, 4) is 0 Å². The first-order valence-corrected chi connectivity index (χ1v) is 9.65. The van der Waals surface area contributed by atoms with Crippen LogP contribution < -0.4 is 5.59 Å². The molecular weight excluding hydrogens is 279 g/mol. The van der Waals surface area contributed by atoms with Crippen LogP contribution in [0.1, 0.15) is 82.1 Å². The van der Waals surface area contributed by atoms with Gasteiger partial charge in [0.15, 0.2) is 7.28 Å². The fraction of sp³-hybridized carbons (Fsp3) is 0.650. The van der Waals surface area contributed by atoms with Crippen LogP contribution in [0.2, 0.25) is 6.82 Å². The number of rotatable bonds is 2. The minimum absolute atomic E-state index is 0.698.